The highest BCUT2D eigenvalue weighted by molar-refractivity contribution is 6.33. The number of aromatic nitrogens is 2. The molecule has 5 heteroatoms. The molecule has 0 radical (unpaired) electrons. The number of nitrogens with one attached hydrogen (secondary N) is 1. The summed E-state index contributed by atoms with van der Waals surface area (Å²) >= 11 is 6.27. The lowest BCUT2D eigenvalue weighted by Crippen LogP contribution is -2.29. The maximum Gasteiger partial charge on any atom is 0.145 e. The molecule has 1 N–H and O–H groups in total. The number of benzene rings is 3. The van der Waals surface area contributed by atoms with E-state index in [-0.39, 0.29) is 5.56 Å². The van der Waals surface area contributed by atoms with Crippen molar-refractivity contribution in [3.63, 3.8) is 0 Å². The van der Waals surface area contributed by atoms with E-state index in [1.807, 2.05) is 56.3 Å². The van der Waals surface area contributed by atoms with Crippen molar-refractivity contribution in [3.05, 3.63) is 93.9 Å². The fourth-order valence-corrected chi connectivity index (χ4v) is 4.09. The first-order chi connectivity index (χ1) is 15.3. The molecule has 0 unspecified atom stereocenters. The molecule has 0 saturated heterocycles. The van der Waals surface area contributed by atoms with Gasteiger partial charge in [0.25, 0.3) is 0 Å². The molecule has 0 atom stereocenters. The van der Waals surface area contributed by atoms with Crippen molar-refractivity contribution in [3.8, 4) is 40.2 Å². The van der Waals surface area contributed by atoms with Crippen LogP contribution in [0.2, 0.25) is 5.02 Å². The minimum absolute atomic E-state index is 0.251. The fraction of sp³-hybridized carbons (Fsp3) is 0.148. The van der Waals surface area contributed by atoms with Gasteiger partial charge in [-0.1, -0.05) is 47.2 Å². The molecular weight excluding hydrogens is 423 g/mol. The van der Waals surface area contributed by atoms with E-state index in [0.29, 0.717) is 16.6 Å². The van der Waals surface area contributed by atoms with E-state index in [2.05, 4.69) is 23.7 Å². The quantitative estimate of drug-likeness (QED) is 0.326. The first kappa shape index (κ1) is 20.4. The number of rotatable bonds is 1. The lowest BCUT2D eigenvalue weighted by molar-refractivity contribution is 0.101. The summed E-state index contributed by atoms with van der Waals surface area (Å²) in [5.74, 6) is 7.04. The Bertz CT molecular complexity index is 1390. The zero-order chi connectivity index (χ0) is 22.5. The predicted molar refractivity (Wildman–Crippen MR) is 125 cm³/mol. The van der Waals surface area contributed by atoms with Crippen molar-refractivity contribution in [1.29, 1.82) is 0 Å². The number of aryl methyl sites for hydroxylation is 1. The van der Waals surface area contributed by atoms with Gasteiger partial charge in [0.1, 0.15) is 23.0 Å². The Morgan fingerprint density at radius 2 is 1.72 bits per heavy atom. The molecule has 0 spiro atoms. The van der Waals surface area contributed by atoms with Crippen molar-refractivity contribution < 1.29 is 9.13 Å². The smallest absolute Gasteiger partial charge is 0.145 e. The van der Waals surface area contributed by atoms with Crippen LogP contribution < -0.4 is 4.74 Å². The number of hydrogen-bond acceptors (Lipinski definition) is 2. The molecular formula is C27H20ClFN2O. The maximum absolute atomic E-state index is 14.5. The van der Waals surface area contributed by atoms with Gasteiger partial charge in [-0.05, 0) is 63.2 Å². The molecule has 0 amide bonds. The molecule has 158 valence electrons. The van der Waals surface area contributed by atoms with Crippen LogP contribution in [0.15, 0.2) is 60.7 Å². The second-order valence-corrected chi connectivity index (χ2v) is 8.75. The molecule has 1 aliphatic heterocycles. The zero-order valence-electron chi connectivity index (χ0n) is 17.9. The fourth-order valence-electron chi connectivity index (χ4n) is 3.83. The van der Waals surface area contributed by atoms with Crippen LogP contribution in [0.3, 0.4) is 0 Å². The summed E-state index contributed by atoms with van der Waals surface area (Å²) in [4.78, 5) is 7.96. The van der Waals surface area contributed by atoms with Crippen molar-refractivity contribution in [1.82, 2.24) is 9.97 Å². The minimum atomic E-state index is -0.686. The standard InChI is InChI=1S/C27H20ClFN2O/c1-16-7-9-17(10-8-16)11-12-18-13-14-19-22(15-18)32-27(2,3)25-24(19)30-26(31-25)23-20(28)5-4-6-21(23)29/h4-10,13-15H,1-3H3,(H,30,31). The molecule has 2 heterocycles. The summed E-state index contributed by atoms with van der Waals surface area (Å²) in [7, 11) is 0. The van der Waals surface area contributed by atoms with E-state index in [1.165, 1.54) is 11.6 Å². The van der Waals surface area contributed by atoms with E-state index in [0.717, 1.165) is 28.1 Å². The molecule has 1 aliphatic rings. The summed E-state index contributed by atoms with van der Waals surface area (Å²) in [5, 5.41) is 0.303. The number of imidazole rings is 1. The Kier molecular flexibility index (Phi) is 4.80. The molecule has 0 fully saturated rings. The van der Waals surface area contributed by atoms with Crippen LogP contribution in [0.4, 0.5) is 4.39 Å². The highest BCUT2D eigenvalue weighted by Crippen LogP contribution is 2.45. The zero-order valence-corrected chi connectivity index (χ0v) is 18.6. The number of fused-ring (bicyclic) bond motifs is 3. The van der Waals surface area contributed by atoms with Crippen LogP contribution >= 0.6 is 11.6 Å². The minimum Gasteiger partial charge on any atom is -0.481 e. The number of hydrogen-bond donors (Lipinski definition) is 1. The van der Waals surface area contributed by atoms with Crippen LogP contribution in [-0.4, -0.2) is 9.97 Å². The average Bonchev–Trinajstić information content (AvgIpc) is 3.19. The van der Waals surface area contributed by atoms with E-state index in [9.17, 15) is 4.39 Å². The van der Waals surface area contributed by atoms with E-state index in [1.54, 1.807) is 12.1 Å². The largest absolute Gasteiger partial charge is 0.481 e. The van der Waals surface area contributed by atoms with Crippen LogP contribution in [0.1, 0.15) is 36.2 Å². The van der Waals surface area contributed by atoms with Crippen LogP contribution in [0.5, 0.6) is 5.75 Å². The van der Waals surface area contributed by atoms with Crippen molar-refractivity contribution in [2.45, 2.75) is 26.4 Å². The van der Waals surface area contributed by atoms with E-state index < -0.39 is 11.4 Å². The Morgan fingerprint density at radius 1 is 1.00 bits per heavy atom. The normalized spacial score (nSPS) is 13.4. The molecule has 0 bridgehead atoms. The Morgan fingerprint density at radius 3 is 2.47 bits per heavy atom. The number of halogens is 2. The lowest BCUT2D eigenvalue weighted by Gasteiger charge is -2.31. The summed E-state index contributed by atoms with van der Waals surface area (Å²) in [6.07, 6.45) is 0. The molecule has 5 rings (SSSR count). The molecule has 32 heavy (non-hydrogen) atoms. The second-order valence-electron chi connectivity index (χ2n) is 8.35. The second kappa shape index (κ2) is 7.55. The van der Waals surface area contributed by atoms with Gasteiger partial charge >= 0.3 is 0 Å². The lowest BCUT2D eigenvalue weighted by atomic mass is 9.94. The molecule has 0 aliphatic carbocycles. The van der Waals surface area contributed by atoms with Crippen molar-refractivity contribution in [2.75, 3.05) is 0 Å². The predicted octanol–water partition coefficient (Wildman–Crippen LogP) is 6.87. The van der Waals surface area contributed by atoms with Crippen LogP contribution in [0.25, 0.3) is 22.6 Å². The van der Waals surface area contributed by atoms with E-state index >= 15 is 0 Å². The SMILES string of the molecule is Cc1ccc(C#Cc2ccc3c(c2)OC(C)(C)c2[nH]c(-c4c(F)cccc4Cl)nc2-3)cc1. The van der Waals surface area contributed by atoms with Gasteiger partial charge in [-0.2, -0.15) is 0 Å². The Balaban J connectivity index is 1.57. The summed E-state index contributed by atoms with van der Waals surface area (Å²) in [5.41, 5.74) is 4.89. The number of ether oxygens (including phenoxy) is 1. The Labute approximate surface area is 191 Å². The molecule has 1 aromatic heterocycles. The third-order valence-electron chi connectivity index (χ3n) is 5.51. The van der Waals surface area contributed by atoms with Gasteiger partial charge in [0.15, 0.2) is 0 Å². The molecule has 4 aromatic rings. The van der Waals surface area contributed by atoms with Gasteiger partial charge in [0.05, 0.1) is 22.0 Å². The Hall–Kier alpha value is -3.55. The van der Waals surface area contributed by atoms with Crippen LogP contribution in [0, 0.1) is 24.6 Å². The monoisotopic (exact) mass is 442 g/mol. The van der Waals surface area contributed by atoms with Gasteiger partial charge in [-0.15, -0.1) is 0 Å². The maximum atomic E-state index is 14.5. The van der Waals surface area contributed by atoms with Gasteiger partial charge in [0, 0.05) is 16.7 Å². The van der Waals surface area contributed by atoms with Gasteiger partial charge in [-0.3, -0.25) is 0 Å². The highest BCUT2D eigenvalue weighted by atomic mass is 35.5. The van der Waals surface area contributed by atoms with E-state index in [4.69, 9.17) is 21.3 Å². The number of H-pyrrole nitrogens is 1. The summed E-state index contributed by atoms with van der Waals surface area (Å²) < 4.78 is 20.8. The van der Waals surface area contributed by atoms with Crippen LogP contribution in [-0.2, 0) is 5.60 Å². The average molecular weight is 443 g/mol. The molecule has 3 nitrogen and oxygen atoms in total. The van der Waals surface area contributed by atoms with Gasteiger partial charge < -0.3 is 9.72 Å². The van der Waals surface area contributed by atoms with Gasteiger partial charge in [0.2, 0.25) is 0 Å². The number of aromatic amines is 1. The third-order valence-corrected chi connectivity index (χ3v) is 5.82. The van der Waals surface area contributed by atoms with Gasteiger partial charge in [-0.25, -0.2) is 9.37 Å². The van der Waals surface area contributed by atoms with Crippen molar-refractivity contribution >= 4 is 11.6 Å². The molecule has 3 aromatic carbocycles. The third kappa shape index (κ3) is 3.55. The van der Waals surface area contributed by atoms with Crippen molar-refractivity contribution in [2.24, 2.45) is 0 Å². The molecule has 0 saturated carbocycles. The number of nitrogens with zero attached hydrogens (tertiary/aromatic N) is 1. The first-order valence-corrected chi connectivity index (χ1v) is 10.7. The summed E-state index contributed by atoms with van der Waals surface area (Å²) in [6.45, 7) is 5.95. The first-order valence-electron chi connectivity index (χ1n) is 10.3. The topological polar surface area (TPSA) is 37.9 Å². The summed E-state index contributed by atoms with van der Waals surface area (Å²) in [6, 6.07) is 18.5. The highest BCUT2D eigenvalue weighted by Gasteiger charge is 2.36.